The predicted molar refractivity (Wildman–Crippen MR) is 62.0 cm³/mol. The van der Waals surface area contributed by atoms with Crippen LogP contribution in [0.15, 0.2) is 35.6 Å². The molecule has 0 aliphatic heterocycles. The lowest BCUT2D eigenvalue weighted by atomic mass is 10.0. The van der Waals surface area contributed by atoms with Crippen LogP contribution in [0.4, 0.5) is 0 Å². The second kappa shape index (κ2) is 4.89. The molecule has 0 unspecified atom stereocenters. The lowest BCUT2D eigenvalue weighted by molar-refractivity contribution is 1.62. The van der Waals surface area contributed by atoms with E-state index in [1.807, 2.05) is 32.0 Å². The first-order valence-electron chi connectivity index (χ1n) is 3.91. The molecule has 0 N–H and O–H groups in total. The quantitative estimate of drug-likeness (QED) is 0.515. The van der Waals surface area contributed by atoms with Crippen LogP contribution in [-0.4, -0.2) is 7.85 Å². The van der Waals surface area contributed by atoms with Crippen molar-refractivity contribution >= 4 is 32.6 Å². The number of benzene rings is 1. The molecule has 2 heteroatoms. The highest BCUT2D eigenvalue weighted by molar-refractivity contribution is 7.83. The molecule has 1 rings (SSSR count). The second-order valence-electron chi connectivity index (χ2n) is 2.44. The van der Waals surface area contributed by atoms with Crippen LogP contribution in [0.5, 0.6) is 0 Å². The number of hydrogen-bond donors (Lipinski definition) is 1. The SMILES string of the molecule is B/C=C/c1ccccc1/C=C/S. The van der Waals surface area contributed by atoms with Gasteiger partial charge in [-0.15, -0.1) is 5.98 Å². The van der Waals surface area contributed by atoms with Gasteiger partial charge in [0, 0.05) is 0 Å². The highest BCUT2D eigenvalue weighted by atomic mass is 32.1. The maximum absolute atomic E-state index is 4.04. The third kappa shape index (κ3) is 2.31. The van der Waals surface area contributed by atoms with Crippen LogP contribution < -0.4 is 0 Å². The maximum atomic E-state index is 4.04. The van der Waals surface area contributed by atoms with E-state index in [9.17, 15) is 0 Å². The molecule has 1 aromatic rings. The molecule has 0 fully saturated rings. The lowest BCUT2D eigenvalue weighted by Crippen LogP contribution is -1.78. The summed E-state index contributed by atoms with van der Waals surface area (Å²) in [5, 5.41) is 1.75. The molecule has 0 aromatic heterocycles. The molecule has 0 aliphatic rings. The van der Waals surface area contributed by atoms with E-state index in [-0.39, 0.29) is 0 Å². The molecule has 0 heterocycles. The Hall–Kier alpha value is -0.885. The summed E-state index contributed by atoms with van der Waals surface area (Å²) in [5.41, 5.74) is 2.43. The molecule has 0 amide bonds. The lowest BCUT2D eigenvalue weighted by Gasteiger charge is -1.98. The zero-order chi connectivity index (χ0) is 8.81. The third-order valence-electron chi connectivity index (χ3n) is 1.60. The minimum Gasteiger partial charge on any atom is -0.151 e. The molecule has 0 spiro atoms. The van der Waals surface area contributed by atoms with Crippen molar-refractivity contribution in [2.24, 2.45) is 0 Å². The van der Waals surface area contributed by atoms with Gasteiger partial charge in [0.1, 0.15) is 7.85 Å². The van der Waals surface area contributed by atoms with Gasteiger partial charge >= 0.3 is 0 Å². The number of hydrogen-bond acceptors (Lipinski definition) is 1. The number of thiol groups is 1. The Morgan fingerprint density at radius 2 is 1.67 bits per heavy atom. The topological polar surface area (TPSA) is 0 Å². The normalized spacial score (nSPS) is 11.4. The highest BCUT2D eigenvalue weighted by Crippen LogP contribution is 2.12. The van der Waals surface area contributed by atoms with Crippen LogP contribution >= 0.6 is 12.6 Å². The van der Waals surface area contributed by atoms with Gasteiger partial charge in [0.15, 0.2) is 0 Å². The van der Waals surface area contributed by atoms with E-state index in [2.05, 4.69) is 30.8 Å². The van der Waals surface area contributed by atoms with Crippen LogP contribution in [0.1, 0.15) is 11.1 Å². The van der Waals surface area contributed by atoms with E-state index < -0.39 is 0 Å². The molecule has 0 aliphatic carbocycles. The Labute approximate surface area is 79.8 Å². The highest BCUT2D eigenvalue weighted by Gasteiger charge is 1.91. The molecular weight excluding hydrogens is 163 g/mol. The Kier molecular flexibility index (Phi) is 3.75. The second-order valence-corrected chi connectivity index (χ2v) is 2.74. The molecule has 0 radical (unpaired) electrons. The van der Waals surface area contributed by atoms with Gasteiger partial charge in [0.05, 0.1) is 0 Å². The first-order chi connectivity index (χ1) is 5.88. The summed E-state index contributed by atoms with van der Waals surface area (Å²) in [6, 6.07) is 8.21. The number of rotatable bonds is 2. The summed E-state index contributed by atoms with van der Waals surface area (Å²) in [6.45, 7) is 0. The van der Waals surface area contributed by atoms with Crippen molar-refractivity contribution in [1.29, 1.82) is 0 Å². The van der Waals surface area contributed by atoms with E-state index in [4.69, 9.17) is 0 Å². The van der Waals surface area contributed by atoms with Crippen LogP contribution in [0.25, 0.3) is 12.2 Å². The fourth-order valence-electron chi connectivity index (χ4n) is 1.07. The van der Waals surface area contributed by atoms with Crippen LogP contribution in [0, 0.1) is 0 Å². The molecule has 0 atom stereocenters. The van der Waals surface area contributed by atoms with Crippen LogP contribution in [-0.2, 0) is 0 Å². The van der Waals surface area contributed by atoms with E-state index in [1.54, 1.807) is 5.41 Å². The van der Waals surface area contributed by atoms with Gasteiger partial charge in [-0.25, -0.2) is 0 Å². The van der Waals surface area contributed by atoms with Crippen molar-refractivity contribution < 1.29 is 0 Å². The average Bonchev–Trinajstić information content (AvgIpc) is 2.09. The third-order valence-corrected chi connectivity index (χ3v) is 1.75. The maximum Gasteiger partial charge on any atom is 0.129 e. The summed E-state index contributed by atoms with van der Waals surface area (Å²) in [7, 11) is 2.02. The van der Waals surface area contributed by atoms with Crippen molar-refractivity contribution in [2.75, 3.05) is 0 Å². The van der Waals surface area contributed by atoms with Crippen LogP contribution in [0.2, 0.25) is 0 Å². The summed E-state index contributed by atoms with van der Waals surface area (Å²) in [5.74, 6) is 2.03. The van der Waals surface area contributed by atoms with Gasteiger partial charge in [-0.1, -0.05) is 30.3 Å². The Balaban J connectivity index is 3.08. The van der Waals surface area contributed by atoms with Crippen molar-refractivity contribution in [3.05, 3.63) is 46.8 Å². The van der Waals surface area contributed by atoms with E-state index in [0.29, 0.717) is 0 Å². The van der Waals surface area contributed by atoms with Crippen molar-refractivity contribution in [1.82, 2.24) is 0 Å². The standard InChI is InChI=1S/C10H11BS/c11-7-5-9-3-1-2-4-10(9)6-8-12/h1-8,12H,11H2/b7-5+,8-6+. The molecule has 0 saturated carbocycles. The Morgan fingerprint density at radius 1 is 1.08 bits per heavy atom. The van der Waals surface area contributed by atoms with Crippen LogP contribution in [0.3, 0.4) is 0 Å². The van der Waals surface area contributed by atoms with E-state index >= 15 is 0 Å². The van der Waals surface area contributed by atoms with Gasteiger partial charge in [0.2, 0.25) is 0 Å². The van der Waals surface area contributed by atoms with E-state index in [0.717, 1.165) is 0 Å². The van der Waals surface area contributed by atoms with Gasteiger partial charge < -0.3 is 0 Å². The summed E-state index contributed by atoms with van der Waals surface area (Å²) in [4.78, 5) is 0. The first kappa shape index (κ1) is 9.20. The first-order valence-corrected chi connectivity index (χ1v) is 4.42. The predicted octanol–water partition coefficient (Wildman–Crippen LogP) is 2.19. The Bertz CT molecular complexity index is 271. The van der Waals surface area contributed by atoms with Crippen molar-refractivity contribution in [3.63, 3.8) is 0 Å². The van der Waals surface area contributed by atoms with Crippen molar-refractivity contribution in [3.8, 4) is 0 Å². The smallest absolute Gasteiger partial charge is 0.129 e. The fourth-order valence-corrected chi connectivity index (χ4v) is 1.23. The molecule has 60 valence electrons. The molecular formula is C10H11BS. The Morgan fingerprint density at radius 3 is 2.17 bits per heavy atom. The fraction of sp³-hybridized carbons (Fsp3) is 0. The monoisotopic (exact) mass is 174 g/mol. The van der Waals surface area contributed by atoms with Gasteiger partial charge in [-0.3, -0.25) is 0 Å². The summed E-state index contributed by atoms with van der Waals surface area (Å²) >= 11 is 4.04. The van der Waals surface area contributed by atoms with Gasteiger partial charge in [-0.2, -0.15) is 12.6 Å². The zero-order valence-electron chi connectivity index (χ0n) is 7.07. The minimum atomic E-state index is 1.20. The molecule has 1 aromatic carbocycles. The molecule has 0 nitrogen and oxygen atoms in total. The van der Waals surface area contributed by atoms with E-state index in [1.165, 1.54) is 11.1 Å². The minimum absolute atomic E-state index is 1.20. The average molecular weight is 174 g/mol. The molecule has 12 heavy (non-hydrogen) atoms. The summed E-state index contributed by atoms with van der Waals surface area (Å²) < 4.78 is 0. The van der Waals surface area contributed by atoms with Gasteiger partial charge in [-0.05, 0) is 22.6 Å². The molecule has 0 bridgehead atoms. The molecule has 0 saturated heterocycles. The summed E-state index contributed by atoms with van der Waals surface area (Å²) in [6.07, 6.45) is 4.07. The van der Waals surface area contributed by atoms with Gasteiger partial charge in [0.25, 0.3) is 0 Å². The zero-order valence-corrected chi connectivity index (χ0v) is 7.96. The van der Waals surface area contributed by atoms with Crippen molar-refractivity contribution in [2.45, 2.75) is 0 Å². The largest absolute Gasteiger partial charge is 0.151 e.